The molecule has 0 atom stereocenters. The Morgan fingerprint density at radius 3 is 3.00 bits per heavy atom. The molecule has 0 spiro atoms. The van der Waals surface area contributed by atoms with Crippen LogP contribution in [0.15, 0.2) is 18.3 Å². The van der Waals surface area contributed by atoms with Crippen LogP contribution < -0.4 is 5.32 Å². The molecule has 1 amide bonds. The number of likely N-dealkylation sites (tertiary alicyclic amines) is 1. The molecule has 2 rings (SSSR count). The lowest BCUT2D eigenvalue weighted by molar-refractivity contribution is 0.0944. The van der Waals surface area contributed by atoms with Crippen molar-refractivity contribution in [3.8, 4) is 0 Å². The van der Waals surface area contributed by atoms with Crippen molar-refractivity contribution in [2.45, 2.75) is 12.8 Å². The minimum absolute atomic E-state index is 0.139. The SMILES string of the molecule is O=C(NCCN1CCCC1)c1[c]cccn1. The monoisotopic (exact) mass is 218 g/mol. The Labute approximate surface area is 95.7 Å². The average molecular weight is 218 g/mol. The zero-order valence-corrected chi connectivity index (χ0v) is 9.28. The fourth-order valence-electron chi connectivity index (χ4n) is 1.87. The van der Waals surface area contributed by atoms with E-state index < -0.39 is 0 Å². The van der Waals surface area contributed by atoms with E-state index in [4.69, 9.17) is 0 Å². The molecule has 0 aromatic carbocycles. The summed E-state index contributed by atoms with van der Waals surface area (Å²) >= 11 is 0. The second-order valence-corrected chi connectivity index (χ2v) is 3.93. The van der Waals surface area contributed by atoms with Gasteiger partial charge in [-0.2, -0.15) is 0 Å². The van der Waals surface area contributed by atoms with Gasteiger partial charge in [-0.05, 0) is 32.0 Å². The number of hydrogen-bond acceptors (Lipinski definition) is 3. The summed E-state index contributed by atoms with van der Waals surface area (Å²) in [5.41, 5.74) is 0.365. The van der Waals surface area contributed by atoms with Crippen molar-refractivity contribution in [3.63, 3.8) is 0 Å². The largest absolute Gasteiger partial charge is 0.349 e. The third-order valence-corrected chi connectivity index (χ3v) is 2.73. The maximum Gasteiger partial charge on any atom is 0.270 e. The van der Waals surface area contributed by atoms with E-state index in [1.807, 2.05) is 0 Å². The first-order valence-electron chi connectivity index (χ1n) is 5.69. The predicted octanol–water partition coefficient (Wildman–Crippen LogP) is 0.707. The first kappa shape index (κ1) is 11.1. The zero-order valence-electron chi connectivity index (χ0n) is 9.28. The number of rotatable bonds is 4. The molecule has 1 N–H and O–H groups in total. The van der Waals surface area contributed by atoms with Crippen LogP contribution in [0, 0.1) is 6.07 Å². The van der Waals surface area contributed by atoms with Crippen LogP contribution in [0.3, 0.4) is 0 Å². The number of nitrogens with one attached hydrogen (secondary N) is 1. The van der Waals surface area contributed by atoms with E-state index in [1.165, 1.54) is 12.8 Å². The molecule has 0 saturated carbocycles. The van der Waals surface area contributed by atoms with Crippen LogP contribution in [0.4, 0.5) is 0 Å². The van der Waals surface area contributed by atoms with Crippen molar-refractivity contribution >= 4 is 5.91 Å². The third kappa shape index (κ3) is 3.03. The topological polar surface area (TPSA) is 45.2 Å². The fourth-order valence-corrected chi connectivity index (χ4v) is 1.87. The summed E-state index contributed by atoms with van der Waals surface area (Å²) in [5.74, 6) is -0.139. The molecule has 2 heterocycles. The van der Waals surface area contributed by atoms with Crippen molar-refractivity contribution in [2.24, 2.45) is 0 Å². The van der Waals surface area contributed by atoms with Crippen molar-refractivity contribution in [2.75, 3.05) is 26.2 Å². The molecular weight excluding hydrogens is 202 g/mol. The van der Waals surface area contributed by atoms with E-state index >= 15 is 0 Å². The van der Waals surface area contributed by atoms with Gasteiger partial charge < -0.3 is 10.2 Å². The second kappa shape index (κ2) is 5.61. The zero-order chi connectivity index (χ0) is 11.2. The van der Waals surface area contributed by atoms with Gasteiger partial charge in [0.15, 0.2) is 0 Å². The van der Waals surface area contributed by atoms with E-state index in [-0.39, 0.29) is 5.91 Å². The molecule has 85 valence electrons. The van der Waals surface area contributed by atoms with Crippen LogP contribution in [-0.4, -0.2) is 42.0 Å². The molecule has 4 heteroatoms. The van der Waals surface area contributed by atoms with Crippen LogP contribution in [0.2, 0.25) is 0 Å². The van der Waals surface area contributed by atoms with Crippen LogP contribution in [0.1, 0.15) is 23.3 Å². The molecule has 0 bridgehead atoms. The fraction of sp³-hybridized carbons (Fsp3) is 0.500. The Bertz CT molecular complexity index is 333. The molecule has 1 fully saturated rings. The number of carbonyl (C=O) groups is 1. The highest BCUT2D eigenvalue weighted by Crippen LogP contribution is 2.05. The standard InChI is InChI=1S/C12H16N3O/c16-12(11-5-1-2-6-13-11)14-7-10-15-8-3-4-9-15/h1-2,6H,3-4,7-10H2,(H,14,16). The minimum atomic E-state index is -0.139. The number of nitrogens with zero attached hydrogens (tertiary/aromatic N) is 2. The summed E-state index contributed by atoms with van der Waals surface area (Å²) in [6.07, 6.45) is 4.16. The van der Waals surface area contributed by atoms with E-state index in [9.17, 15) is 4.79 Å². The van der Waals surface area contributed by atoms with Crippen molar-refractivity contribution < 1.29 is 4.79 Å². The maximum absolute atomic E-state index is 11.6. The van der Waals surface area contributed by atoms with Gasteiger partial charge in [0.2, 0.25) is 0 Å². The van der Waals surface area contributed by atoms with Crippen molar-refractivity contribution in [1.82, 2.24) is 15.2 Å². The van der Waals surface area contributed by atoms with Gasteiger partial charge in [0.1, 0.15) is 5.69 Å². The lowest BCUT2D eigenvalue weighted by Crippen LogP contribution is -2.33. The Hall–Kier alpha value is -1.42. The van der Waals surface area contributed by atoms with E-state index in [0.717, 1.165) is 19.6 Å². The number of amides is 1. The van der Waals surface area contributed by atoms with Gasteiger partial charge in [-0.1, -0.05) is 6.07 Å². The van der Waals surface area contributed by atoms with Gasteiger partial charge in [-0.15, -0.1) is 0 Å². The second-order valence-electron chi connectivity index (χ2n) is 3.93. The predicted molar refractivity (Wildman–Crippen MR) is 61.1 cm³/mol. The van der Waals surface area contributed by atoms with Crippen molar-refractivity contribution in [1.29, 1.82) is 0 Å². The molecule has 1 aromatic rings. The summed E-state index contributed by atoms with van der Waals surface area (Å²) in [7, 11) is 0. The number of pyridine rings is 1. The van der Waals surface area contributed by atoms with E-state index in [0.29, 0.717) is 12.2 Å². The molecule has 1 aliphatic heterocycles. The van der Waals surface area contributed by atoms with Gasteiger partial charge >= 0.3 is 0 Å². The number of aromatic nitrogens is 1. The molecular formula is C12H16N3O. The Kier molecular flexibility index (Phi) is 3.88. The van der Waals surface area contributed by atoms with Crippen LogP contribution in [0.5, 0.6) is 0 Å². The van der Waals surface area contributed by atoms with Crippen LogP contribution in [0.25, 0.3) is 0 Å². The highest BCUT2D eigenvalue weighted by atomic mass is 16.1. The Morgan fingerprint density at radius 2 is 2.31 bits per heavy atom. The highest BCUT2D eigenvalue weighted by Gasteiger charge is 2.11. The normalized spacial score (nSPS) is 16.2. The molecule has 0 unspecified atom stereocenters. The lowest BCUT2D eigenvalue weighted by atomic mass is 10.3. The van der Waals surface area contributed by atoms with Crippen LogP contribution >= 0.6 is 0 Å². The highest BCUT2D eigenvalue weighted by molar-refractivity contribution is 5.91. The van der Waals surface area contributed by atoms with Gasteiger partial charge in [-0.3, -0.25) is 9.78 Å². The van der Waals surface area contributed by atoms with Gasteiger partial charge in [0, 0.05) is 25.4 Å². The summed E-state index contributed by atoms with van der Waals surface area (Å²) in [4.78, 5) is 17.9. The quantitative estimate of drug-likeness (QED) is 0.809. The number of hydrogen-bond donors (Lipinski definition) is 1. The summed E-state index contributed by atoms with van der Waals surface area (Å²) in [6, 6.07) is 6.26. The summed E-state index contributed by atoms with van der Waals surface area (Å²) in [6.45, 7) is 3.93. The smallest absolute Gasteiger partial charge is 0.270 e. The molecule has 4 nitrogen and oxygen atoms in total. The molecule has 1 saturated heterocycles. The third-order valence-electron chi connectivity index (χ3n) is 2.73. The molecule has 1 radical (unpaired) electrons. The van der Waals surface area contributed by atoms with Crippen molar-refractivity contribution in [3.05, 3.63) is 30.1 Å². The lowest BCUT2D eigenvalue weighted by Gasteiger charge is -2.14. The maximum atomic E-state index is 11.6. The van der Waals surface area contributed by atoms with Gasteiger partial charge in [0.25, 0.3) is 5.91 Å². The number of carbonyl (C=O) groups excluding carboxylic acids is 1. The molecule has 1 aliphatic rings. The van der Waals surface area contributed by atoms with Gasteiger partial charge in [0.05, 0.1) is 0 Å². The van der Waals surface area contributed by atoms with Gasteiger partial charge in [-0.25, -0.2) is 0 Å². The van der Waals surface area contributed by atoms with E-state index in [2.05, 4.69) is 21.3 Å². The molecule has 16 heavy (non-hydrogen) atoms. The summed E-state index contributed by atoms with van der Waals surface area (Å²) < 4.78 is 0. The Morgan fingerprint density at radius 1 is 1.50 bits per heavy atom. The molecule has 0 aliphatic carbocycles. The Balaban J connectivity index is 1.71. The molecule has 1 aromatic heterocycles. The van der Waals surface area contributed by atoms with E-state index in [1.54, 1.807) is 18.3 Å². The minimum Gasteiger partial charge on any atom is -0.349 e. The van der Waals surface area contributed by atoms with Crippen LogP contribution in [-0.2, 0) is 0 Å². The first-order chi connectivity index (χ1) is 7.86. The summed E-state index contributed by atoms with van der Waals surface area (Å²) in [5, 5.41) is 2.85. The average Bonchev–Trinajstić information content (AvgIpc) is 2.83. The first-order valence-corrected chi connectivity index (χ1v) is 5.69.